The third kappa shape index (κ3) is 2.97. The fourth-order valence-corrected chi connectivity index (χ4v) is 2.83. The largest absolute Gasteiger partial charge is 0.508 e. The van der Waals surface area contributed by atoms with Crippen LogP contribution in [-0.2, 0) is 10.0 Å². The van der Waals surface area contributed by atoms with Gasteiger partial charge in [0.05, 0.1) is 9.92 Å². The van der Waals surface area contributed by atoms with Crippen LogP contribution in [0.25, 0.3) is 0 Å². The first-order chi connectivity index (χ1) is 8.90. The van der Waals surface area contributed by atoms with Crippen molar-refractivity contribution in [1.29, 1.82) is 0 Å². The van der Waals surface area contributed by atoms with Crippen molar-refractivity contribution in [2.24, 2.45) is 0 Å². The Balaban J connectivity index is 2.42. The number of aromatic hydroxyl groups is 1. The molecule has 0 unspecified atom stereocenters. The van der Waals surface area contributed by atoms with Gasteiger partial charge in [-0.2, -0.15) is 0 Å². The highest BCUT2D eigenvalue weighted by Gasteiger charge is 2.18. The van der Waals surface area contributed by atoms with E-state index in [1.54, 1.807) is 0 Å². The maximum absolute atomic E-state index is 13.5. The quantitative estimate of drug-likeness (QED) is 0.916. The number of halogens is 2. The molecule has 0 aliphatic carbocycles. The Morgan fingerprint density at radius 2 is 1.84 bits per heavy atom. The molecule has 0 saturated heterocycles. The van der Waals surface area contributed by atoms with Crippen LogP contribution in [0.5, 0.6) is 5.75 Å². The Kier molecular flexibility index (Phi) is 3.64. The van der Waals surface area contributed by atoms with E-state index in [-0.39, 0.29) is 21.4 Å². The highest BCUT2D eigenvalue weighted by Crippen LogP contribution is 2.27. The summed E-state index contributed by atoms with van der Waals surface area (Å²) in [6.07, 6.45) is 0. The fourth-order valence-electron chi connectivity index (χ4n) is 1.44. The Morgan fingerprint density at radius 3 is 2.47 bits per heavy atom. The minimum atomic E-state index is -4.02. The molecule has 7 heteroatoms. The number of sulfonamides is 1. The van der Waals surface area contributed by atoms with Crippen LogP contribution in [0.3, 0.4) is 0 Å². The van der Waals surface area contributed by atoms with Crippen molar-refractivity contribution in [2.75, 3.05) is 4.72 Å². The molecular formula is C12H9ClFNO3S. The van der Waals surface area contributed by atoms with E-state index in [1.165, 1.54) is 30.3 Å². The molecule has 0 saturated carbocycles. The lowest BCUT2D eigenvalue weighted by molar-refractivity contribution is 0.473. The molecule has 2 aromatic carbocycles. The number of benzene rings is 2. The van der Waals surface area contributed by atoms with E-state index in [9.17, 15) is 17.9 Å². The van der Waals surface area contributed by atoms with Gasteiger partial charge < -0.3 is 5.11 Å². The molecule has 0 amide bonds. The molecule has 2 N–H and O–H groups in total. The highest BCUT2D eigenvalue weighted by atomic mass is 35.5. The van der Waals surface area contributed by atoms with E-state index < -0.39 is 15.8 Å². The van der Waals surface area contributed by atoms with Gasteiger partial charge in [-0.25, -0.2) is 12.8 Å². The highest BCUT2D eigenvalue weighted by molar-refractivity contribution is 7.92. The number of hydrogen-bond donors (Lipinski definition) is 2. The van der Waals surface area contributed by atoms with Crippen molar-refractivity contribution in [1.82, 2.24) is 0 Å². The molecule has 0 aromatic heterocycles. The number of phenolic OH excluding ortho intramolecular Hbond substituents is 1. The third-order valence-corrected chi connectivity index (χ3v) is 3.99. The summed E-state index contributed by atoms with van der Waals surface area (Å²) in [7, 11) is -4.02. The second-order valence-electron chi connectivity index (χ2n) is 3.70. The van der Waals surface area contributed by atoms with E-state index in [1.807, 2.05) is 0 Å². The lowest BCUT2D eigenvalue weighted by atomic mass is 10.3. The number of phenols is 1. The smallest absolute Gasteiger partial charge is 0.262 e. The van der Waals surface area contributed by atoms with Crippen molar-refractivity contribution < 1.29 is 17.9 Å². The number of rotatable bonds is 3. The SMILES string of the molecule is O=S(=O)(Nc1c(F)cccc1Cl)c1cccc(O)c1. The van der Waals surface area contributed by atoms with Crippen molar-refractivity contribution in [2.45, 2.75) is 4.90 Å². The normalized spacial score (nSPS) is 11.3. The lowest BCUT2D eigenvalue weighted by Gasteiger charge is -2.10. The summed E-state index contributed by atoms with van der Waals surface area (Å²) in [5.74, 6) is -0.987. The summed E-state index contributed by atoms with van der Waals surface area (Å²) in [5, 5.41) is 9.21. The zero-order chi connectivity index (χ0) is 14.0. The van der Waals surface area contributed by atoms with Gasteiger partial charge in [0.15, 0.2) is 0 Å². The number of anilines is 1. The molecule has 0 spiro atoms. The Labute approximate surface area is 114 Å². The Bertz CT molecular complexity index is 698. The number of hydrogen-bond acceptors (Lipinski definition) is 3. The molecule has 19 heavy (non-hydrogen) atoms. The molecule has 0 aliphatic heterocycles. The molecular weight excluding hydrogens is 293 g/mol. The zero-order valence-electron chi connectivity index (χ0n) is 9.47. The average molecular weight is 302 g/mol. The second kappa shape index (κ2) is 5.07. The molecule has 0 heterocycles. The molecule has 2 aromatic rings. The van der Waals surface area contributed by atoms with Gasteiger partial charge in [-0.15, -0.1) is 0 Å². The summed E-state index contributed by atoms with van der Waals surface area (Å²) >= 11 is 5.74. The van der Waals surface area contributed by atoms with Gasteiger partial charge in [0.1, 0.15) is 17.3 Å². The van der Waals surface area contributed by atoms with Crippen LogP contribution < -0.4 is 4.72 Å². The van der Waals surface area contributed by atoms with E-state index in [2.05, 4.69) is 4.72 Å². The molecule has 2 rings (SSSR count). The average Bonchev–Trinajstić information content (AvgIpc) is 2.34. The van der Waals surface area contributed by atoms with Gasteiger partial charge in [0.2, 0.25) is 0 Å². The molecule has 0 atom stereocenters. The fraction of sp³-hybridized carbons (Fsp3) is 0. The van der Waals surface area contributed by atoms with Crippen LogP contribution in [-0.4, -0.2) is 13.5 Å². The van der Waals surface area contributed by atoms with Crippen molar-refractivity contribution in [3.63, 3.8) is 0 Å². The first-order valence-corrected chi connectivity index (χ1v) is 7.02. The molecule has 4 nitrogen and oxygen atoms in total. The van der Waals surface area contributed by atoms with Crippen molar-refractivity contribution in [3.8, 4) is 5.75 Å². The summed E-state index contributed by atoms with van der Waals surface area (Å²) in [6, 6.07) is 8.84. The predicted octanol–water partition coefficient (Wildman–Crippen LogP) is 2.99. The van der Waals surface area contributed by atoms with Gasteiger partial charge >= 0.3 is 0 Å². The number of nitrogens with one attached hydrogen (secondary N) is 1. The summed E-state index contributed by atoms with van der Waals surface area (Å²) < 4.78 is 39.6. The Morgan fingerprint density at radius 1 is 1.16 bits per heavy atom. The second-order valence-corrected chi connectivity index (χ2v) is 5.79. The number of para-hydroxylation sites is 1. The van der Waals surface area contributed by atoms with Crippen LogP contribution in [0.4, 0.5) is 10.1 Å². The van der Waals surface area contributed by atoms with E-state index in [4.69, 9.17) is 11.6 Å². The predicted molar refractivity (Wildman–Crippen MR) is 70.3 cm³/mol. The van der Waals surface area contributed by atoms with Crippen LogP contribution in [0.1, 0.15) is 0 Å². The lowest BCUT2D eigenvalue weighted by Crippen LogP contribution is -2.14. The van der Waals surface area contributed by atoms with E-state index in [0.29, 0.717) is 0 Å². The first-order valence-electron chi connectivity index (χ1n) is 5.16. The standard InChI is InChI=1S/C12H9ClFNO3S/c13-10-5-2-6-11(14)12(10)15-19(17,18)9-4-1-3-8(16)7-9/h1-7,15-16H. The first kappa shape index (κ1) is 13.6. The zero-order valence-corrected chi connectivity index (χ0v) is 11.0. The van der Waals surface area contributed by atoms with Gasteiger partial charge in [0, 0.05) is 6.07 Å². The van der Waals surface area contributed by atoms with E-state index >= 15 is 0 Å². The molecule has 100 valence electrons. The Hall–Kier alpha value is -1.79. The van der Waals surface area contributed by atoms with Gasteiger partial charge in [0.25, 0.3) is 10.0 Å². The summed E-state index contributed by atoms with van der Waals surface area (Å²) in [5.41, 5.74) is -0.326. The summed E-state index contributed by atoms with van der Waals surface area (Å²) in [6.45, 7) is 0. The van der Waals surface area contributed by atoms with E-state index in [0.717, 1.165) is 12.1 Å². The van der Waals surface area contributed by atoms with Gasteiger partial charge in [-0.1, -0.05) is 23.7 Å². The molecule has 0 aliphatic rings. The van der Waals surface area contributed by atoms with Crippen LogP contribution in [0.15, 0.2) is 47.4 Å². The molecule has 0 fully saturated rings. The summed E-state index contributed by atoms with van der Waals surface area (Å²) in [4.78, 5) is -0.188. The minimum absolute atomic E-state index is 0.0521. The van der Waals surface area contributed by atoms with Crippen LogP contribution >= 0.6 is 11.6 Å². The maximum Gasteiger partial charge on any atom is 0.262 e. The molecule has 0 bridgehead atoms. The molecule has 0 radical (unpaired) electrons. The van der Waals surface area contributed by atoms with Crippen molar-refractivity contribution >= 4 is 27.3 Å². The van der Waals surface area contributed by atoms with Crippen LogP contribution in [0, 0.1) is 5.82 Å². The van der Waals surface area contributed by atoms with Crippen molar-refractivity contribution in [3.05, 3.63) is 53.3 Å². The van der Waals surface area contributed by atoms with Crippen LogP contribution in [0.2, 0.25) is 5.02 Å². The monoisotopic (exact) mass is 301 g/mol. The topological polar surface area (TPSA) is 66.4 Å². The maximum atomic E-state index is 13.5. The minimum Gasteiger partial charge on any atom is -0.508 e. The third-order valence-electron chi connectivity index (χ3n) is 2.33. The van der Waals surface area contributed by atoms with Gasteiger partial charge in [-0.3, -0.25) is 4.72 Å². The van der Waals surface area contributed by atoms with Gasteiger partial charge in [-0.05, 0) is 24.3 Å².